The van der Waals surface area contributed by atoms with Crippen LogP contribution in [0, 0.1) is 6.92 Å². The van der Waals surface area contributed by atoms with Gasteiger partial charge in [-0.1, -0.05) is 12.1 Å². The van der Waals surface area contributed by atoms with E-state index in [9.17, 15) is 18.0 Å². The molecule has 0 atom stereocenters. The molecule has 9 nitrogen and oxygen atoms in total. The van der Waals surface area contributed by atoms with Crippen molar-refractivity contribution in [1.82, 2.24) is 9.71 Å². The van der Waals surface area contributed by atoms with Crippen LogP contribution in [0.3, 0.4) is 0 Å². The molecule has 32 heavy (non-hydrogen) atoms. The number of sulfonamides is 1. The number of ether oxygens (including phenoxy) is 2. The van der Waals surface area contributed by atoms with Crippen molar-refractivity contribution in [2.45, 2.75) is 56.8 Å². The number of hydrogen-bond acceptors (Lipinski definition) is 7. The monoisotopic (exact) mass is 525 g/mol. The summed E-state index contributed by atoms with van der Waals surface area (Å²) in [6, 6.07) is 9.46. The summed E-state index contributed by atoms with van der Waals surface area (Å²) in [5.74, 6) is -0.356. The van der Waals surface area contributed by atoms with Crippen LogP contribution >= 0.6 is 15.9 Å². The van der Waals surface area contributed by atoms with Crippen LogP contribution in [0.15, 0.2) is 45.9 Å². The van der Waals surface area contributed by atoms with Crippen molar-refractivity contribution >= 4 is 43.8 Å². The highest BCUT2D eigenvalue weighted by Gasteiger charge is 2.54. The zero-order chi connectivity index (χ0) is 23.7. The van der Waals surface area contributed by atoms with Crippen molar-refractivity contribution in [2.24, 2.45) is 0 Å². The summed E-state index contributed by atoms with van der Waals surface area (Å²) < 4.78 is 39.2. The minimum Gasteiger partial charge on any atom is -0.476 e. The predicted octanol–water partition coefficient (Wildman–Crippen LogP) is 3.92. The van der Waals surface area contributed by atoms with E-state index in [1.807, 2.05) is 17.7 Å². The molecule has 0 aliphatic heterocycles. The lowest BCUT2D eigenvalue weighted by atomic mass is 10.2. The van der Waals surface area contributed by atoms with Crippen molar-refractivity contribution in [1.29, 1.82) is 0 Å². The van der Waals surface area contributed by atoms with Crippen LogP contribution in [0.1, 0.15) is 39.2 Å². The molecule has 0 radical (unpaired) electrons. The molecule has 2 amide bonds. The van der Waals surface area contributed by atoms with E-state index in [1.165, 1.54) is 18.2 Å². The molecule has 1 aromatic carbocycles. The van der Waals surface area contributed by atoms with E-state index in [1.54, 1.807) is 32.9 Å². The minimum atomic E-state index is -4.30. The maximum Gasteiger partial charge on any atom is 0.413 e. The van der Waals surface area contributed by atoms with Gasteiger partial charge in [-0.05, 0) is 73.5 Å². The summed E-state index contributed by atoms with van der Waals surface area (Å²) in [5, 5.41) is 1.95. The molecular weight excluding hydrogens is 502 g/mol. The molecule has 1 aliphatic rings. The Hall–Kier alpha value is -2.66. The summed E-state index contributed by atoms with van der Waals surface area (Å²) in [4.78, 5) is 28.6. The number of aryl methyl sites for hydroxylation is 1. The van der Waals surface area contributed by atoms with Crippen molar-refractivity contribution in [2.75, 3.05) is 5.32 Å². The third-order valence-corrected chi connectivity index (χ3v) is 6.25. The summed E-state index contributed by atoms with van der Waals surface area (Å²) in [6.07, 6.45) is -0.0252. The quantitative estimate of drug-likeness (QED) is 0.585. The van der Waals surface area contributed by atoms with E-state index < -0.39 is 38.3 Å². The van der Waals surface area contributed by atoms with Crippen LogP contribution in [0.4, 0.5) is 10.6 Å². The molecule has 0 spiro atoms. The van der Waals surface area contributed by atoms with Crippen LogP contribution in [0.5, 0.6) is 5.75 Å². The number of aromatic nitrogens is 1. The lowest BCUT2D eigenvalue weighted by molar-refractivity contribution is -0.128. The Labute approximate surface area is 195 Å². The molecule has 1 aromatic heterocycles. The molecule has 1 heterocycles. The Kier molecular flexibility index (Phi) is 6.52. The van der Waals surface area contributed by atoms with Gasteiger partial charge in [0.2, 0.25) is 0 Å². The molecule has 11 heteroatoms. The van der Waals surface area contributed by atoms with Crippen LogP contribution < -0.4 is 14.8 Å². The van der Waals surface area contributed by atoms with E-state index >= 15 is 0 Å². The predicted molar refractivity (Wildman–Crippen MR) is 121 cm³/mol. The maximum atomic E-state index is 12.8. The average Bonchev–Trinajstić information content (AvgIpc) is 3.44. The Balaban J connectivity index is 1.72. The van der Waals surface area contributed by atoms with Gasteiger partial charge in [0, 0.05) is 12.8 Å². The number of benzene rings is 1. The van der Waals surface area contributed by atoms with E-state index in [4.69, 9.17) is 9.47 Å². The van der Waals surface area contributed by atoms with Crippen molar-refractivity contribution < 1.29 is 27.5 Å². The SMILES string of the molecule is Cc1ccc(Br)c(OC2(C(=O)NS(=O)(=O)c3cccc(NC(=O)OC(C)(C)C)n3)CC2)c1. The Bertz CT molecular complexity index is 1160. The molecule has 1 aliphatic carbocycles. The number of anilines is 1. The maximum absolute atomic E-state index is 12.8. The van der Waals surface area contributed by atoms with Crippen LogP contribution in [0.25, 0.3) is 0 Å². The van der Waals surface area contributed by atoms with Crippen LogP contribution in [-0.4, -0.2) is 36.6 Å². The summed E-state index contributed by atoms with van der Waals surface area (Å²) in [7, 11) is -4.30. The van der Waals surface area contributed by atoms with E-state index in [2.05, 4.69) is 26.2 Å². The molecule has 0 saturated heterocycles. The number of hydrogen-bond donors (Lipinski definition) is 2. The number of nitrogens with zero attached hydrogens (tertiary/aromatic N) is 1. The second-order valence-corrected chi connectivity index (χ2v) is 10.9. The molecule has 2 N–H and O–H groups in total. The highest BCUT2D eigenvalue weighted by Crippen LogP contribution is 2.43. The van der Waals surface area contributed by atoms with Gasteiger partial charge in [-0.2, -0.15) is 8.42 Å². The molecule has 1 fully saturated rings. The lowest BCUT2D eigenvalue weighted by Gasteiger charge is -2.20. The van der Waals surface area contributed by atoms with Gasteiger partial charge in [0.05, 0.1) is 4.47 Å². The van der Waals surface area contributed by atoms with E-state index in [-0.39, 0.29) is 5.82 Å². The van der Waals surface area contributed by atoms with Gasteiger partial charge in [-0.3, -0.25) is 10.1 Å². The van der Waals surface area contributed by atoms with Gasteiger partial charge < -0.3 is 9.47 Å². The summed E-state index contributed by atoms with van der Waals surface area (Å²) in [5.41, 5.74) is -1.06. The highest BCUT2D eigenvalue weighted by atomic mass is 79.9. The molecule has 2 aromatic rings. The Morgan fingerprint density at radius 1 is 1.16 bits per heavy atom. The molecular formula is C21H24BrN3O6S. The topological polar surface area (TPSA) is 124 Å². The number of amides is 2. The zero-order valence-corrected chi connectivity index (χ0v) is 20.5. The third kappa shape index (κ3) is 5.98. The average molecular weight is 526 g/mol. The minimum absolute atomic E-state index is 0.0318. The smallest absolute Gasteiger partial charge is 0.413 e. The number of carbonyl (C=O) groups is 2. The van der Waals surface area contributed by atoms with Gasteiger partial charge in [0.1, 0.15) is 17.2 Å². The summed E-state index contributed by atoms with van der Waals surface area (Å²) >= 11 is 3.37. The fraction of sp³-hybridized carbons (Fsp3) is 0.381. The number of nitrogens with one attached hydrogen (secondary N) is 2. The van der Waals surface area contributed by atoms with Crippen LogP contribution in [0.2, 0.25) is 0 Å². The van der Waals surface area contributed by atoms with Gasteiger partial charge >= 0.3 is 6.09 Å². The molecule has 0 unspecified atom stereocenters. The Morgan fingerprint density at radius 2 is 1.84 bits per heavy atom. The van der Waals surface area contributed by atoms with Gasteiger partial charge in [0.15, 0.2) is 10.6 Å². The normalized spacial score (nSPS) is 14.9. The molecule has 172 valence electrons. The Morgan fingerprint density at radius 3 is 2.47 bits per heavy atom. The first-order chi connectivity index (χ1) is 14.8. The standard InChI is InChI=1S/C21H24BrN3O6S/c1-13-8-9-14(22)15(12-13)30-21(10-11-21)18(26)25-32(28,29)17-7-5-6-16(23-17)24-19(27)31-20(2,3)4/h5-9,12H,10-11H2,1-4H3,(H,25,26)(H,23,24,27). The first kappa shape index (κ1) is 24.0. The van der Waals surface area contributed by atoms with Crippen molar-refractivity contribution in [3.63, 3.8) is 0 Å². The van der Waals surface area contributed by atoms with Crippen molar-refractivity contribution in [3.8, 4) is 5.75 Å². The second kappa shape index (κ2) is 8.70. The fourth-order valence-corrected chi connectivity index (χ4v) is 4.04. The highest BCUT2D eigenvalue weighted by molar-refractivity contribution is 9.10. The van der Waals surface area contributed by atoms with Gasteiger partial charge in [-0.25, -0.2) is 14.5 Å². The zero-order valence-electron chi connectivity index (χ0n) is 18.1. The lowest BCUT2D eigenvalue weighted by Crippen LogP contribution is -2.43. The van der Waals surface area contributed by atoms with Gasteiger partial charge in [0.25, 0.3) is 15.9 Å². The number of halogens is 1. The molecule has 1 saturated carbocycles. The first-order valence-electron chi connectivity index (χ1n) is 9.79. The fourth-order valence-electron chi connectivity index (χ4n) is 2.70. The van der Waals surface area contributed by atoms with Crippen molar-refractivity contribution in [3.05, 3.63) is 46.4 Å². The number of pyridine rings is 1. The number of rotatable bonds is 6. The first-order valence-corrected chi connectivity index (χ1v) is 12.1. The van der Waals surface area contributed by atoms with E-state index in [0.29, 0.717) is 23.1 Å². The number of carbonyl (C=O) groups excluding carboxylic acids is 2. The summed E-state index contributed by atoms with van der Waals surface area (Å²) in [6.45, 7) is 6.97. The van der Waals surface area contributed by atoms with Crippen LogP contribution in [-0.2, 0) is 19.6 Å². The van der Waals surface area contributed by atoms with E-state index in [0.717, 1.165) is 5.56 Å². The molecule has 3 rings (SSSR count). The largest absolute Gasteiger partial charge is 0.476 e. The molecule has 0 bridgehead atoms. The van der Waals surface area contributed by atoms with Gasteiger partial charge in [-0.15, -0.1) is 0 Å². The third-order valence-electron chi connectivity index (χ3n) is 4.36. The second-order valence-electron chi connectivity index (χ2n) is 8.45.